The fourth-order valence-electron chi connectivity index (χ4n) is 8.28. The molecule has 10 heteroatoms. The van der Waals surface area contributed by atoms with Crippen molar-refractivity contribution in [1.29, 1.82) is 0 Å². The number of piperidine rings is 1. The topological polar surface area (TPSA) is 61.6 Å². The molecule has 3 aliphatic rings. The number of aromatic nitrogens is 2. The summed E-state index contributed by atoms with van der Waals surface area (Å²) in [6.07, 6.45) is 7.56. The molecule has 5 rings (SSSR count). The van der Waals surface area contributed by atoms with Crippen molar-refractivity contribution < 1.29 is 14.3 Å². The van der Waals surface area contributed by atoms with Crippen molar-refractivity contribution in [3.63, 3.8) is 0 Å². The lowest BCUT2D eigenvalue weighted by Crippen LogP contribution is -2.47. The first kappa shape index (κ1) is 36.8. The van der Waals surface area contributed by atoms with Gasteiger partial charge in [-0.3, -0.25) is 14.4 Å². The molecular formula is C32H50Cl3FN4O2. The number of benzene rings is 1. The van der Waals surface area contributed by atoms with Crippen LogP contribution in [0.5, 0.6) is 0 Å². The number of carboxylic acid groups (broad SMARTS) is 1. The summed E-state index contributed by atoms with van der Waals surface area (Å²) in [5.41, 5.74) is 5.63. The Morgan fingerprint density at radius 1 is 1.14 bits per heavy atom. The monoisotopic (exact) mass is 646 g/mol. The normalized spacial score (nSPS) is 23.8. The van der Waals surface area contributed by atoms with Crippen LogP contribution in [-0.2, 0) is 29.6 Å². The lowest BCUT2D eigenvalue weighted by molar-refractivity contribution is -0.145. The number of aliphatic carboxylic acids is 1. The molecule has 2 aromatic rings. The minimum absolute atomic E-state index is 0. The van der Waals surface area contributed by atoms with E-state index in [2.05, 4.69) is 34.4 Å². The second-order valence-electron chi connectivity index (χ2n) is 12.8. The minimum Gasteiger partial charge on any atom is -0.480 e. The molecule has 2 fully saturated rings. The van der Waals surface area contributed by atoms with E-state index in [4.69, 9.17) is 5.10 Å². The fraction of sp³-hybridized carbons (Fsp3) is 0.688. The third kappa shape index (κ3) is 6.96. The quantitative estimate of drug-likeness (QED) is 0.326. The van der Waals surface area contributed by atoms with E-state index in [9.17, 15) is 14.3 Å². The number of hydrogen-bond donors (Lipinski definition) is 1. The molecule has 1 aromatic carbocycles. The average molecular weight is 648 g/mol. The molecule has 1 aromatic heterocycles. The highest BCUT2D eigenvalue weighted by molar-refractivity contribution is 5.86. The van der Waals surface area contributed by atoms with Gasteiger partial charge in [-0.25, -0.2) is 4.39 Å². The largest absolute Gasteiger partial charge is 0.480 e. The van der Waals surface area contributed by atoms with E-state index < -0.39 is 12.0 Å². The maximum absolute atomic E-state index is 14.3. The number of aryl methyl sites for hydroxylation is 1. The highest BCUT2D eigenvalue weighted by atomic mass is 35.5. The summed E-state index contributed by atoms with van der Waals surface area (Å²) in [5, 5.41) is 15.1. The van der Waals surface area contributed by atoms with Crippen molar-refractivity contribution in [3.05, 3.63) is 52.6 Å². The van der Waals surface area contributed by atoms with E-state index in [0.29, 0.717) is 5.92 Å². The number of likely N-dealkylation sites (tertiary alicyclic amines) is 1. The molecule has 2 heterocycles. The van der Waals surface area contributed by atoms with Crippen molar-refractivity contribution in [2.75, 3.05) is 26.7 Å². The Morgan fingerprint density at radius 3 is 2.40 bits per heavy atom. The second-order valence-corrected chi connectivity index (χ2v) is 12.8. The van der Waals surface area contributed by atoms with Gasteiger partial charge in [-0.1, -0.05) is 32.9 Å². The molecule has 1 saturated carbocycles. The number of likely N-dealkylation sites (N-methyl/N-ethyl adjacent to an activating group) is 1. The van der Waals surface area contributed by atoms with Gasteiger partial charge in [-0.05, 0) is 113 Å². The van der Waals surface area contributed by atoms with Gasteiger partial charge in [0.2, 0.25) is 0 Å². The molecule has 0 bridgehead atoms. The lowest BCUT2D eigenvalue weighted by Gasteiger charge is -2.40. The van der Waals surface area contributed by atoms with Gasteiger partial charge in [0.25, 0.3) is 0 Å². The standard InChI is InChI=1S/C32H47FN4O2.3ClH/c1-6-28-26-11-12-32(30(26)34-37(28)7-2)13-15-36(16-14-32)20-23-18-25(35(5)29(21(3)4)31(38)39)19-27(23)22-9-8-10-24(33)17-22;;;/h8-10,17,21,23,25,27,29H,6-7,11-16,18-20H2,1-5H3,(H,38,39);3*1H/t23-,25+,27-,29-;;;/m1.../s1. The zero-order valence-electron chi connectivity index (χ0n) is 25.7. The predicted molar refractivity (Wildman–Crippen MR) is 174 cm³/mol. The Labute approximate surface area is 270 Å². The van der Waals surface area contributed by atoms with E-state index >= 15 is 0 Å². The van der Waals surface area contributed by atoms with E-state index in [-0.39, 0.29) is 66.3 Å². The van der Waals surface area contributed by atoms with Crippen LogP contribution in [0.4, 0.5) is 4.39 Å². The second kappa shape index (κ2) is 15.1. The van der Waals surface area contributed by atoms with Crippen LogP contribution in [0.2, 0.25) is 0 Å². The summed E-state index contributed by atoms with van der Waals surface area (Å²) in [5.74, 6) is -0.315. The summed E-state index contributed by atoms with van der Waals surface area (Å²) in [7, 11) is 1.97. The number of rotatable bonds is 9. The van der Waals surface area contributed by atoms with E-state index in [0.717, 1.165) is 70.3 Å². The summed E-state index contributed by atoms with van der Waals surface area (Å²) < 4.78 is 16.5. The van der Waals surface area contributed by atoms with Crippen molar-refractivity contribution in [3.8, 4) is 0 Å². The van der Waals surface area contributed by atoms with Gasteiger partial charge in [0.05, 0.1) is 5.69 Å². The molecule has 1 N–H and O–H groups in total. The predicted octanol–water partition coefficient (Wildman–Crippen LogP) is 6.75. The van der Waals surface area contributed by atoms with Crippen LogP contribution in [0.15, 0.2) is 24.3 Å². The van der Waals surface area contributed by atoms with E-state index in [1.807, 2.05) is 27.0 Å². The first-order valence-corrected chi connectivity index (χ1v) is 15.2. The lowest BCUT2D eigenvalue weighted by atomic mass is 9.76. The molecule has 2 aliphatic carbocycles. The van der Waals surface area contributed by atoms with Crippen molar-refractivity contribution in [2.45, 2.75) is 103 Å². The molecule has 42 heavy (non-hydrogen) atoms. The van der Waals surface area contributed by atoms with Gasteiger partial charge >= 0.3 is 5.97 Å². The molecule has 0 amide bonds. The maximum Gasteiger partial charge on any atom is 0.321 e. The molecule has 1 spiro atoms. The highest BCUT2D eigenvalue weighted by Crippen LogP contribution is 2.48. The maximum atomic E-state index is 14.3. The number of nitrogens with zero attached hydrogens (tertiary/aromatic N) is 4. The van der Waals surface area contributed by atoms with E-state index in [1.54, 1.807) is 6.07 Å². The first-order valence-electron chi connectivity index (χ1n) is 15.2. The summed E-state index contributed by atoms with van der Waals surface area (Å²) in [4.78, 5) is 16.8. The van der Waals surface area contributed by atoms with Crippen LogP contribution in [0.3, 0.4) is 0 Å². The number of carboxylic acids is 1. The van der Waals surface area contributed by atoms with Crippen LogP contribution in [-0.4, -0.2) is 69.4 Å². The van der Waals surface area contributed by atoms with Gasteiger partial charge in [0.1, 0.15) is 11.9 Å². The molecule has 0 radical (unpaired) electrons. The SMILES string of the molecule is CCc1c2c(nn1CC)C1(CC2)CCN(C[C@H]2C[C@H](N(C)[C@@H](C(=O)O)C(C)C)C[C@@H]2c2cccc(F)c2)CC1.Cl.Cl.Cl. The third-order valence-corrected chi connectivity index (χ3v) is 10.3. The Bertz CT molecular complexity index is 1180. The van der Waals surface area contributed by atoms with Gasteiger partial charge in [0.15, 0.2) is 0 Å². The third-order valence-electron chi connectivity index (χ3n) is 10.3. The molecular weight excluding hydrogens is 598 g/mol. The Morgan fingerprint density at radius 2 is 1.83 bits per heavy atom. The van der Waals surface area contributed by atoms with Crippen LogP contribution in [0.25, 0.3) is 0 Å². The number of hydrogen-bond acceptors (Lipinski definition) is 4. The van der Waals surface area contributed by atoms with Crippen LogP contribution >= 0.6 is 37.2 Å². The van der Waals surface area contributed by atoms with Crippen molar-refractivity contribution in [2.24, 2.45) is 11.8 Å². The molecule has 0 unspecified atom stereocenters. The number of fused-ring (bicyclic) bond motifs is 2. The highest BCUT2D eigenvalue weighted by Gasteiger charge is 2.46. The van der Waals surface area contributed by atoms with E-state index in [1.165, 1.54) is 29.4 Å². The molecule has 4 atom stereocenters. The van der Waals surface area contributed by atoms with Crippen LogP contribution in [0, 0.1) is 17.7 Å². The van der Waals surface area contributed by atoms with Crippen LogP contribution in [0.1, 0.15) is 88.2 Å². The average Bonchev–Trinajstić information content (AvgIpc) is 3.58. The van der Waals surface area contributed by atoms with Gasteiger partial charge in [-0.2, -0.15) is 5.10 Å². The molecule has 1 aliphatic heterocycles. The molecule has 6 nitrogen and oxygen atoms in total. The number of halogens is 4. The smallest absolute Gasteiger partial charge is 0.321 e. The Kier molecular flexibility index (Phi) is 13.2. The fourth-order valence-corrected chi connectivity index (χ4v) is 8.28. The van der Waals surface area contributed by atoms with Gasteiger partial charge < -0.3 is 10.0 Å². The van der Waals surface area contributed by atoms with Crippen molar-refractivity contribution >= 4 is 43.2 Å². The zero-order valence-corrected chi connectivity index (χ0v) is 28.2. The van der Waals surface area contributed by atoms with Crippen LogP contribution < -0.4 is 0 Å². The summed E-state index contributed by atoms with van der Waals surface area (Å²) in [6.45, 7) is 12.5. The number of carbonyl (C=O) groups is 1. The molecule has 238 valence electrons. The Balaban J connectivity index is 0.00000205. The van der Waals surface area contributed by atoms with Gasteiger partial charge in [-0.15, -0.1) is 37.2 Å². The first-order chi connectivity index (χ1) is 18.7. The summed E-state index contributed by atoms with van der Waals surface area (Å²) >= 11 is 0. The Hall–Kier alpha value is -1.38. The van der Waals surface area contributed by atoms with Crippen molar-refractivity contribution in [1.82, 2.24) is 19.6 Å². The minimum atomic E-state index is -0.757. The van der Waals surface area contributed by atoms with Gasteiger partial charge in [0, 0.05) is 30.2 Å². The zero-order chi connectivity index (χ0) is 27.9. The summed E-state index contributed by atoms with van der Waals surface area (Å²) in [6, 6.07) is 6.74. The molecule has 1 saturated heterocycles.